The van der Waals surface area contributed by atoms with Gasteiger partial charge in [-0.15, -0.1) is 0 Å². The van der Waals surface area contributed by atoms with Gasteiger partial charge in [0.15, 0.2) is 5.11 Å². The number of carbonyl (C=O) groups excluding carboxylic acids is 1. The summed E-state index contributed by atoms with van der Waals surface area (Å²) in [5, 5.41) is 9.01. The molecule has 0 aliphatic heterocycles. The van der Waals surface area contributed by atoms with E-state index in [0.717, 1.165) is 28.5 Å². The van der Waals surface area contributed by atoms with Gasteiger partial charge in [-0.05, 0) is 53.4 Å². The summed E-state index contributed by atoms with van der Waals surface area (Å²) in [5.41, 5.74) is 0.836. The Morgan fingerprint density at radius 1 is 0.833 bits per heavy atom. The molecule has 36 heavy (non-hydrogen) atoms. The molecule has 4 nitrogen and oxygen atoms in total. The Morgan fingerprint density at radius 3 is 1.78 bits per heavy atom. The maximum absolute atomic E-state index is 12.4. The van der Waals surface area contributed by atoms with Gasteiger partial charge >= 0.3 is 0 Å². The minimum atomic E-state index is -1.75. The molecular weight excluding hydrogens is 648 g/mol. The van der Waals surface area contributed by atoms with Crippen LogP contribution in [0.3, 0.4) is 0 Å². The minimum absolute atomic E-state index is 0.161. The first-order valence-electron chi connectivity index (χ1n) is 13.4. The lowest BCUT2D eigenvalue weighted by molar-refractivity contribution is -0.122. The fourth-order valence-electron chi connectivity index (χ4n) is 3.94. The van der Waals surface area contributed by atoms with E-state index in [1.807, 2.05) is 24.3 Å². The van der Waals surface area contributed by atoms with E-state index in [2.05, 4.69) is 45.5 Å². The van der Waals surface area contributed by atoms with Crippen LogP contribution in [0.1, 0.15) is 110 Å². The largest absolute Gasteiger partial charge is 0.339 e. The number of amides is 1. The van der Waals surface area contributed by atoms with Gasteiger partial charge in [-0.2, -0.15) is 0 Å². The number of benzene rings is 1. The van der Waals surface area contributed by atoms with E-state index < -0.39 is 9.96 Å². The predicted molar refractivity (Wildman–Crippen MR) is 170 cm³/mol. The van der Waals surface area contributed by atoms with Crippen molar-refractivity contribution in [2.75, 3.05) is 5.32 Å². The number of anilines is 1. The Kier molecular flexibility index (Phi) is 19.7. The van der Waals surface area contributed by atoms with Crippen LogP contribution in [0.4, 0.5) is 5.69 Å². The van der Waals surface area contributed by atoms with Crippen LogP contribution in [-0.4, -0.2) is 21.0 Å². The zero-order valence-electron chi connectivity index (χ0n) is 21.5. The van der Waals surface area contributed by atoms with Crippen LogP contribution >= 0.6 is 69.6 Å². The predicted octanol–water partition coefficient (Wildman–Crippen LogP) is 9.65. The molecule has 0 bridgehead atoms. The Hall–Kier alpha value is -0.0200. The molecule has 1 aromatic rings. The van der Waals surface area contributed by atoms with E-state index >= 15 is 0 Å². The molecule has 0 radical (unpaired) electrons. The van der Waals surface area contributed by atoms with E-state index in [1.165, 1.54) is 77.0 Å². The highest BCUT2D eigenvalue weighted by atomic mass is 127. The molecule has 9 heteroatoms. The van der Waals surface area contributed by atoms with Crippen LogP contribution < -0.4 is 16.0 Å². The molecule has 3 N–H and O–H groups in total. The molecule has 1 atom stereocenters. The normalized spacial score (nSPS) is 12.2. The molecule has 0 spiro atoms. The van der Waals surface area contributed by atoms with Crippen molar-refractivity contribution in [1.82, 2.24) is 10.6 Å². The van der Waals surface area contributed by atoms with Gasteiger partial charge in [0, 0.05) is 9.99 Å². The standard InChI is InChI=1S/C27H43Cl3IN3OS/c1-2-3-4-5-6-7-8-9-10-11-12-13-14-15-16-21-24(35)33-25(27(28,29)30)34-26(36)32-23-20-18-17-19-22(23)31/h17-20,25H,2-16,21H2,1H3,(H,33,35)(H2,32,34,36). The third-order valence-corrected chi connectivity index (χ3v) is 7.85. The summed E-state index contributed by atoms with van der Waals surface area (Å²) in [5.74, 6) is -0.161. The first kappa shape index (κ1) is 34.0. The molecule has 0 saturated carbocycles. The first-order valence-corrected chi connectivity index (χ1v) is 16.0. The number of nitrogens with one attached hydrogen (secondary N) is 3. The Labute approximate surface area is 252 Å². The lowest BCUT2D eigenvalue weighted by Gasteiger charge is -2.28. The number of thiocarbonyl (C=S) groups is 1. The highest BCUT2D eigenvalue weighted by Crippen LogP contribution is 2.29. The number of rotatable bonds is 19. The van der Waals surface area contributed by atoms with Crippen molar-refractivity contribution in [2.45, 2.75) is 120 Å². The van der Waals surface area contributed by atoms with Gasteiger partial charge in [-0.1, -0.05) is 144 Å². The van der Waals surface area contributed by atoms with Gasteiger partial charge in [0.1, 0.15) is 6.17 Å². The summed E-state index contributed by atoms with van der Waals surface area (Å²) < 4.78 is -0.748. The fourth-order valence-corrected chi connectivity index (χ4v) is 5.02. The summed E-state index contributed by atoms with van der Waals surface area (Å²) in [4.78, 5) is 12.4. The van der Waals surface area contributed by atoms with E-state index in [-0.39, 0.29) is 11.0 Å². The van der Waals surface area contributed by atoms with E-state index in [9.17, 15) is 4.79 Å². The van der Waals surface area contributed by atoms with Gasteiger partial charge in [-0.25, -0.2) is 0 Å². The lowest BCUT2D eigenvalue weighted by atomic mass is 10.0. The van der Waals surface area contributed by atoms with Crippen LogP contribution in [0.2, 0.25) is 0 Å². The summed E-state index contributed by atoms with van der Waals surface area (Å²) in [6, 6.07) is 7.69. The Bertz CT molecular complexity index is 749. The number of carbonyl (C=O) groups is 1. The Morgan fingerprint density at radius 2 is 1.31 bits per heavy atom. The smallest absolute Gasteiger partial charge is 0.228 e. The maximum Gasteiger partial charge on any atom is 0.228 e. The molecule has 0 aromatic heterocycles. The summed E-state index contributed by atoms with van der Waals surface area (Å²) >= 11 is 25.8. The van der Waals surface area contributed by atoms with Crippen LogP contribution in [0, 0.1) is 3.57 Å². The molecule has 1 amide bonds. The molecular formula is C27H43Cl3IN3OS. The van der Waals surface area contributed by atoms with Gasteiger partial charge < -0.3 is 16.0 Å². The average Bonchev–Trinajstić information content (AvgIpc) is 2.82. The fraction of sp³-hybridized carbons (Fsp3) is 0.704. The first-order chi connectivity index (χ1) is 17.2. The highest BCUT2D eigenvalue weighted by Gasteiger charge is 2.34. The van der Waals surface area contributed by atoms with Crippen LogP contribution in [0.25, 0.3) is 0 Å². The molecule has 0 heterocycles. The lowest BCUT2D eigenvalue weighted by Crippen LogP contribution is -2.56. The van der Waals surface area contributed by atoms with Gasteiger partial charge in [0.25, 0.3) is 0 Å². The second kappa shape index (κ2) is 20.9. The maximum atomic E-state index is 12.4. The molecule has 0 aliphatic carbocycles. The number of para-hydroxylation sites is 1. The van der Waals surface area contributed by atoms with Crippen molar-refractivity contribution in [3.8, 4) is 0 Å². The summed E-state index contributed by atoms with van der Waals surface area (Å²) in [6.07, 6.45) is 18.7. The van der Waals surface area contributed by atoms with Crippen molar-refractivity contribution in [3.63, 3.8) is 0 Å². The summed E-state index contributed by atoms with van der Waals surface area (Å²) in [7, 11) is 0. The number of unbranched alkanes of at least 4 members (excludes halogenated alkanes) is 14. The number of halogens is 4. The molecule has 1 rings (SSSR count). The zero-order valence-corrected chi connectivity index (χ0v) is 26.8. The van der Waals surface area contributed by atoms with Crippen LogP contribution in [-0.2, 0) is 4.79 Å². The van der Waals surface area contributed by atoms with Gasteiger partial charge in [0.05, 0.1) is 5.69 Å². The monoisotopic (exact) mass is 689 g/mol. The quantitative estimate of drug-likeness (QED) is 0.0445. The van der Waals surface area contributed by atoms with Crippen molar-refractivity contribution in [3.05, 3.63) is 27.8 Å². The van der Waals surface area contributed by atoms with E-state index in [4.69, 9.17) is 47.0 Å². The minimum Gasteiger partial charge on any atom is -0.339 e. The van der Waals surface area contributed by atoms with Crippen molar-refractivity contribution in [2.24, 2.45) is 0 Å². The molecule has 0 aliphatic rings. The molecule has 206 valence electrons. The van der Waals surface area contributed by atoms with Crippen molar-refractivity contribution < 1.29 is 4.79 Å². The van der Waals surface area contributed by atoms with E-state index in [1.54, 1.807) is 0 Å². The van der Waals surface area contributed by atoms with Crippen molar-refractivity contribution in [1.29, 1.82) is 0 Å². The SMILES string of the molecule is CCCCCCCCCCCCCCCCCC(=O)NC(NC(=S)Nc1ccccc1I)C(Cl)(Cl)Cl. The topological polar surface area (TPSA) is 53.2 Å². The molecule has 0 saturated heterocycles. The van der Waals surface area contributed by atoms with Crippen LogP contribution in [0.5, 0.6) is 0 Å². The molecule has 1 aromatic carbocycles. The number of hydrogen-bond donors (Lipinski definition) is 3. The van der Waals surface area contributed by atoms with Crippen molar-refractivity contribution >= 4 is 86.3 Å². The summed E-state index contributed by atoms with van der Waals surface area (Å²) in [6.45, 7) is 2.27. The second-order valence-electron chi connectivity index (χ2n) is 9.32. The average molecular weight is 691 g/mol. The third kappa shape index (κ3) is 17.5. The molecule has 1 unspecified atom stereocenters. The second-order valence-corrected chi connectivity index (χ2v) is 13.3. The van der Waals surface area contributed by atoms with Crippen LogP contribution in [0.15, 0.2) is 24.3 Å². The zero-order chi connectivity index (χ0) is 26.7. The number of alkyl halides is 3. The highest BCUT2D eigenvalue weighted by molar-refractivity contribution is 14.1. The number of hydrogen-bond acceptors (Lipinski definition) is 2. The van der Waals surface area contributed by atoms with Gasteiger partial charge in [0.2, 0.25) is 9.70 Å². The third-order valence-electron chi connectivity index (χ3n) is 6.04. The molecule has 0 fully saturated rings. The Balaban J connectivity index is 2.12. The van der Waals surface area contributed by atoms with Gasteiger partial charge in [-0.3, -0.25) is 4.79 Å². The van der Waals surface area contributed by atoms with E-state index in [0.29, 0.717) is 6.42 Å².